The molecule has 0 aliphatic carbocycles. The Morgan fingerprint density at radius 3 is 2.88 bits per heavy atom. The predicted octanol–water partition coefficient (Wildman–Crippen LogP) is 3.14. The average molecular weight is 320 g/mol. The van der Waals surface area contributed by atoms with Crippen molar-refractivity contribution in [3.05, 3.63) is 60.2 Å². The lowest BCUT2D eigenvalue weighted by atomic mass is 10.1. The Labute approximate surface area is 141 Å². The van der Waals surface area contributed by atoms with Gasteiger partial charge in [-0.25, -0.2) is 4.68 Å². The van der Waals surface area contributed by atoms with E-state index in [1.807, 2.05) is 43.5 Å². The number of hydrogen-bond donors (Lipinski definition) is 2. The molecule has 6 nitrogen and oxygen atoms in total. The molecular formula is C18H20N6. The van der Waals surface area contributed by atoms with Gasteiger partial charge in [0.1, 0.15) is 6.33 Å². The summed E-state index contributed by atoms with van der Waals surface area (Å²) in [6.07, 6.45) is 6.04. The second kappa shape index (κ2) is 6.41. The van der Waals surface area contributed by atoms with Crippen molar-refractivity contribution in [2.24, 2.45) is 0 Å². The summed E-state index contributed by atoms with van der Waals surface area (Å²) in [7, 11) is 0. The maximum atomic E-state index is 4.52. The van der Waals surface area contributed by atoms with Gasteiger partial charge in [0.2, 0.25) is 5.95 Å². The summed E-state index contributed by atoms with van der Waals surface area (Å²) in [6.45, 7) is 3.06. The number of hydrogen-bond acceptors (Lipinski definition) is 5. The summed E-state index contributed by atoms with van der Waals surface area (Å²) in [5.41, 5.74) is 4.08. The lowest BCUT2D eigenvalue weighted by molar-refractivity contribution is 0.645. The third-order valence-electron chi connectivity index (χ3n) is 4.33. The molecule has 0 bridgehead atoms. The molecule has 3 aromatic rings. The molecule has 1 aromatic carbocycles. The normalized spacial score (nSPS) is 17.1. The first-order valence-corrected chi connectivity index (χ1v) is 8.23. The topological polar surface area (TPSA) is 67.7 Å². The first-order valence-electron chi connectivity index (χ1n) is 8.23. The molecule has 0 amide bonds. The van der Waals surface area contributed by atoms with Crippen molar-refractivity contribution in [1.82, 2.24) is 25.1 Å². The van der Waals surface area contributed by atoms with Gasteiger partial charge in [-0.15, -0.1) is 5.10 Å². The van der Waals surface area contributed by atoms with Crippen LogP contribution in [0.2, 0.25) is 0 Å². The number of aryl methyl sites for hydroxylation is 1. The van der Waals surface area contributed by atoms with Crippen LogP contribution >= 0.6 is 0 Å². The quantitative estimate of drug-likeness (QED) is 0.773. The molecule has 0 spiro atoms. The summed E-state index contributed by atoms with van der Waals surface area (Å²) >= 11 is 0. The van der Waals surface area contributed by atoms with Crippen LogP contribution < -0.4 is 10.6 Å². The van der Waals surface area contributed by atoms with Crippen LogP contribution in [-0.4, -0.2) is 26.3 Å². The van der Waals surface area contributed by atoms with Gasteiger partial charge in [-0.05, 0) is 50.1 Å². The van der Waals surface area contributed by atoms with E-state index in [-0.39, 0.29) is 0 Å². The minimum atomic E-state index is 0.397. The molecule has 1 fully saturated rings. The number of anilines is 2. The summed E-state index contributed by atoms with van der Waals surface area (Å²) in [5.74, 6) is 0.570. The highest BCUT2D eigenvalue weighted by molar-refractivity contribution is 5.57. The number of benzene rings is 1. The molecule has 24 heavy (non-hydrogen) atoms. The molecule has 1 atom stereocenters. The SMILES string of the molecule is Cc1ncc(C2CCCN2)cc1Nc1ncn(-c2ccccc2)n1. The molecule has 0 saturated carbocycles. The van der Waals surface area contributed by atoms with E-state index in [4.69, 9.17) is 0 Å². The van der Waals surface area contributed by atoms with Crippen LogP contribution in [0.4, 0.5) is 11.6 Å². The van der Waals surface area contributed by atoms with E-state index in [1.165, 1.54) is 12.0 Å². The van der Waals surface area contributed by atoms with Crippen LogP contribution in [0.1, 0.15) is 30.1 Å². The van der Waals surface area contributed by atoms with E-state index < -0.39 is 0 Å². The highest BCUT2D eigenvalue weighted by atomic mass is 15.4. The van der Waals surface area contributed by atoms with E-state index in [1.54, 1.807) is 11.0 Å². The Bertz CT molecular complexity index is 821. The zero-order chi connectivity index (χ0) is 16.4. The summed E-state index contributed by atoms with van der Waals surface area (Å²) in [4.78, 5) is 8.87. The summed E-state index contributed by atoms with van der Waals surface area (Å²) < 4.78 is 1.76. The van der Waals surface area contributed by atoms with Crippen LogP contribution in [-0.2, 0) is 0 Å². The van der Waals surface area contributed by atoms with E-state index in [9.17, 15) is 0 Å². The van der Waals surface area contributed by atoms with Gasteiger partial charge in [0.25, 0.3) is 0 Å². The largest absolute Gasteiger partial charge is 0.321 e. The fourth-order valence-corrected chi connectivity index (χ4v) is 2.98. The average Bonchev–Trinajstić information content (AvgIpc) is 3.29. The van der Waals surface area contributed by atoms with Gasteiger partial charge in [0.05, 0.1) is 17.1 Å². The number of para-hydroxylation sites is 1. The Kier molecular flexibility index (Phi) is 3.96. The second-order valence-corrected chi connectivity index (χ2v) is 6.02. The van der Waals surface area contributed by atoms with E-state index >= 15 is 0 Å². The van der Waals surface area contributed by atoms with Crippen molar-refractivity contribution in [3.8, 4) is 5.69 Å². The Morgan fingerprint density at radius 2 is 2.08 bits per heavy atom. The van der Waals surface area contributed by atoms with Gasteiger partial charge < -0.3 is 10.6 Å². The van der Waals surface area contributed by atoms with Crippen LogP contribution in [0.3, 0.4) is 0 Å². The van der Waals surface area contributed by atoms with Crippen molar-refractivity contribution in [2.45, 2.75) is 25.8 Å². The number of nitrogens with zero attached hydrogens (tertiary/aromatic N) is 4. The minimum Gasteiger partial charge on any atom is -0.321 e. The molecule has 0 radical (unpaired) electrons. The zero-order valence-electron chi connectivity index (χ0n) is 13.6. The molecule has 1 aliphatic heterocycles. The van der Waals surface area contributed by atoms with E-state index in [0.29, 0.717) is 12.0 Å². The van der Waals surface area contributed by atoms with Crippen molar-refractivity contribution >= 4 is 11.6 Å². The molecule has 2 aromatic heterocycles. The van der Waals surface area contributed by atoms with Crippen molar-refractivity contribution in [3.63, 3.8) is 0 Å². The van der Waals surface area contributed by atoms with Crippen LogP contribution in [0.5, 0.6) is 0 Å². The lowest BCUT2D eigenvalue weighted by Gasteiger charge is -2.13. The molecule has 1 unspecified atom stereocenters. The van der Waals surface area contributed by atoms with Crippen molar-refractivity contribution in [1.29, 1.82) is 0 Å². The molecule has 3 heterocycles. The van der Waals surface area contributed by atoms with Crippen LogP contribution in [0.15, 0.2) is 48.9 Å². The predicted molar refractivity (Wildman–Crippen MR) is 93.6 cm³/mol. The molecule has 1 saturated heterocycles. The van der Waals surface area contributed by atoms with Crippen molar-refractivity contribution in [2.75, 3.05) is 11.9 Å². The van der Waals surface area contributed by atoms with Crippen molar-refractivity contribution < 1.29 is 0 Å². The Morgan fingerprint density at radius 1 is 1.21 bits per heavy atom. The highest BCUT2D eigenvalue weighted by Crippen LogP contribution is 2.26. The minimum absolute atomic E-state index is 0.397. The summed E-state index contributed by atoms with van der Waals surface area (Å²) in [5, 5.41) is 11.3. The fraction of sp³-hybridized carbons (Fsp3) is 0.278. The van der Waals surface area contributed by atoms with E-state index in [0.717, 1.165) is 30.0 Å². The third kappa shape index (κ3) is 3.00. The maximum absolute atomic E-state index is 4.52. The molecule has 122 valence electrons. The standard InChI is InChI=1S/C18H20N6/c1-13-17(10-14(11-20-13)16-8-5-9-19-16)22-18-21-12-24(23-18)15-6-3-2-4-7-15/h2-4,6-7,10-12,16,19H,5,8-9H2,1H3,(H,22,23). The van der Waals surface area contributed by atoms with Crippen LogP contribution in [0, 0.1) is 6.92 Å². The van der Waals surface area contributed by atoms with Gasteiger partial charge in [-0.3, -0.25) is 4.98 Å². The van der Waals surface area contributed by atoms with E-state index in [2.05, 4.69) is 31.8 Å². The number of rotatable bonds is 4. The Balaban J connectivity index is 1.57. The number of aromatic nitrogens is 4. The third-order valence-corrected chi connectivity index (χ3v) is 4.33. The monoisotopic (exact) mass is 320 g/mol. The maximum Gasteiger partial charge on any atom is 0.247 e. The molecular weight excluding hydrogens is 300 g/mol. The van der Waals surface area contributed by atoms with Gasteiger partial charge in [0.15, 0.2) is 0 Å². The second-order valence-electron chi connectivity index (χ2n) is 6.02. The smallest absolute Gasteiger partial charge is 0.247 e. The first kappa shape index (κ1) is 14.8. The number of pyridine rings is 1. The van der Waals surface area contributed by atoms with Crippen LogP contribution in [0.25, 0.3) is 5.69 Å². The van der Waals surface area contributed by atoms with Gasteiger partial charge >= 0.3 is 0 Å². The Hall–Kier alpha value is -2.73. The fourth-order valence-electron chi connectivity index (χ4n) is 2.98. The molecule has 4 rings (SSSR count). The zero-order valence-corrected chi connectivity index (χ0v) is 13.6. The summed E-state index contributed by atoms with van der Waals surface area (Å²) in [6, 6.07) is 12.5. The number of nitrogens with one attached hydrogen (secondary N) is 2. The molecule has 6 heteroatoms. The molecule has 2 N–H and O–H groups in total. The van der Waals surface area contributed by atoms with Gasteiger partial charge in [-0.1, -0.05) is 18.2 Å². The highest BCUT2D eigenvalue weighted by Gasteiger charge is 2.17. The van der Waals surface area contributed by atoms with Gasteiger partial charge in [-0.2, -0.15) is 4.98 Å². The molecule has 1 aliphatic rings. The van der Waals surface area contributed by atoms with Gasteiger partial charge in [0, 0.05) is 12.2 Å². The first-order chi connectivity index (χ1) is 11.8. The lowest BCUT2D eigenvalue weighted by Crippen LogP contribution is -2.13.